The van der Waals surface area contributed by atoms with Gasteiger partial charge in [0, 0.05) is 52.7 Å². The first-order valence-electron chi connectivity index (χ1n) is 7.95. The Morgan fingerprint density at radius 3 is 2.48 bits per heavy atom. The molecular weight excluding hydrogens is 340 g/mol. The molecule has 3 rings (SSSR count). The molecule has 0 bridgehead atoms. The van der Waals surface area contributed by atoms with Crippen molar-refractivity contribution >= 4 is 21.8 Å². The first kappa shape index (κ1) is 17.6. The maximum Gasteiger partial charge on any atom is 0.244 e. The predicted octanol–water partition coefficient (Wildman–Crippen LogP) is 0.751. The molecule has 0 saturated heterocycles. The molecule has 0 fully saturated rings. The maximum atomic E-state index is 12.9. The molecule has 25 heavy (non-hydrogen) atoms. The maximum absolute atomic E-state index is 12.9. The summed E-state index contributed by atoms with van der Waals surface area (Å²) >= 11 is 0. The van der Waals surface area contributed by atoms with Gasteiger partial charge in [-0.1, -0.05) is 0 Å². The second-order valence-electron chi connectivity index (χ2n) is 6.34. The number of nitrogens with zero attached hydrogens (tertiary/aromatic N) is 6. The molecule has 0 aromatic carbocycles. The lowest BCUT2D eigenvalue weighted by atomic mass is 10.1. The van der Waals surface area contributed by atoms with Gasteiger partial charge < -0.3 is 9.80 Å². The second kappa shape index (κ2) is 6.57. The molecular formula is C16H22N6O2S. The van der Waals surface area contributed by atoms with Gasteiger partial charge in [-0.05, 0) is 18.6 Å². The highest BCUT2D eigenvalue weighted by atomic mass is 32.2. The molecule has 9 heteroatoms. The number of aromatic nitrogens is 3. The van der Waals surface area contributed by atoms with Crippen LogP contribution in [0.2, 0.25) is 0 Å². The third-order valence-electron chi connectivity index (χ3n) is 4.09. The standard InChI is InChI=1S/C16H22N6O2S/c1-20(2)15-13-7-9-22(11-14(13)18-16(19-15)21(3)4)25(23,24)12-6-5-8-17-10-12/h5-6,8,10H,7,9,11H2,1-4H3. The number of rotatable bonds is 4. The van der Waals surface area contributed by atoms with Crippen LogP contribution in [0.15, 0.2) is 29.4 Å². The topological polar surface area (TPSA) is 82.5 Å². The predicted molar refractivity (Wildman–Crippen MR) is 96.2 cm³/mol. The molecule has 0 radical (unpaired) electrons. The van der Waals surface area contributed by atoms with Crippen LogP contribution in [-0.4, -0.2) is 62.4 Å². The van der Waals surface area contributed by atoms with E-state index in [9.17, 15) is 8.42 Å². The fraction of sp³-hybridized carbons (Fsp3) is 0.438. The van der Waals surface area contributed by atoms with Gasteiger partial charge in [0.1, 0.15) is 10.7 Å². The Morgan fingerprint density at radius 2 is 1.88 bits per heavy atom. The van der Waals surface area contributed by atoms with Crippen molar-refractivity contribution in [2.75, 3.05) is 44.5 Å². The van der Waals surface area contributed by atoms with Crippen LogP contribution in [0.1, 0.15) is 11.3 Å². The summed E-state index contributed by atoms with van der Waals surface area (Å²) < 4.78 is 27.2. The first-order chi connectivity index (χ1) is 11.8. The van der Waals surface area contributed by atoms with Crippen LogP contribution in [0.25, 0.3) is 0 Å². The number of sulfonamides is 1. The van der Waals surface area contributed by atoms with Gasteiger partial charge in [0.15, 0.2) is 0 Å². The van der Waals surface area contributed by atoms with Crippen molar-refractivity contribution in [3.8, 4) is 0 Å². The number of fused-ring (bicyclic) bond motifs is 1. The van der Waals surface area contributed by atoms with E-state index in [0.717, 1.165) is 17.1 Å². The molecule has 2 aromatic rings. The lowest BCUT2D eigenvalue weighted by molar-refractivity contribution is 0.384. The lowest BCUT2D eigenvalue weighted by Gasteiger charge is -2.30. The minimum atomic E-state index is -3.59. The van der Waals surface area contributed by atoms with Crippen molar-refractivity contribution in [2.45, 2.75) is 17.9 Å². The van der Waals surface area contributed by atoms with E-state index in [1.165, 1.54) is 10.5 Å². The number of pyridine rings is 1. The van der Waals surface area contributed by atoms with Gasteiger partial charge >= 0.3 is 0 Å². The van der Waals surface area contributed by atoms with E-state index in [4.69, 9.17) is 0 Å². The van der Waals surface area contributed by atoms with Crippen LogP contribution in [-0.2, 0) is 23.0 Å². The summed E-state index contributed by atoms with van der Waals surface area (Å²) in [5.74, 6) is 1.41. The summed E-state index contributed by atoms with van der Waals surface area (Å²) in [6.07, 6.45) is 3.52. The van der Waals surface area contributed by atoms with E-state index in [-0.39, 0.29) is 11.4 Å². The minimum Gasteiger partial charge on any atom is -0.362 e. The largest absolute Gasteiger partial charge is 0.362 e. The zero-order chi connectivity index (χ0) is 18.2. The normalized spacial score (nSPS) is 14.9. The minimum absolute atomic E-state index is 0.202. The highest BCUT2D eigenvalue weighted by molar-refractivity contribution is 7.89. The Labute approximate surface area is 148 Å². The van der Waals surface area contributed by atoms with Crippen LogP contribution in [0, 0.1) is 0 Å². The Kier molecular flexibility index (Phi) is 4.61. The van der Waals surface area contributed by atoms with Crippen molar-refractivity contribution in [3.63, 3.8) is 0 Å². The fourth-order valence-corrected chi connectivity index (χ4v) is 4.16. The summed E-state index contributed by atoms with van der Waals surface area (Å²) in [5.41, 5.74) is 1.76. The summed E-state index contributed by atoms with van der Waals surface area (Å²) in [6.45, 7) is 0.631. The number of anilines is 2. The van der Waals surface area contributed by atoms with Crippen molar-refractivity contribution in [1.29, 1.82) is 0 Å². The molecule has 0 saturated carbocycles. The van der Waals surface area contributed by atoms with Crippen molar-refractivity contribution in [3.05, 3.63) is 35.8 Å². The third-order valence-corrected chi connectivity index (χ3v) is 5.92. The van der Waals surface area contributed by atoms with E-state index < -0.39 is 10.0 Å². The van der Waals surface area contributed by atoms with Gasteiger partial charge in [-0.3, -0.25) is 4.98 Å². The van der Waals surface area contributed by atoms with Gasteiger partial charge in [0.2, 0.25) is 16.0 Å². The number of hydrogen-bond acceptors (Lipinski definition) is 7. The van der Waals surface area contributed by atoms with Crippen LogP contribution in [0.5, 0.6) is 0 Å². The zero-order valence-corrected chi connectivity index (χ0v) is 15.7. The molecule has 0 N–H and O–H groups in total. The molecule has 134 valence electrons. The van der Waals surface area contributed by atoms with Gasteiger partial charge in [-0.2, -0.15) is 9.29 Å². The summed E-state index contributed by atoms with van der Waals surface area (Å²) in [6, 6.07) is 3.19. The highest BCUT2D eigenvalue weighted by Gasteiger charge is 2.31. The first-order valence-corrected chi connectivity index (χ1v) is 9.39. The second-order valence-corrected chi connectivity index (χ2v) is 8.28. The SMILES string of the molecule is CN(C)c1nc2c(c(N(C)C)n1)CCN(S(=O)(=O)c1cccnc1)C2. The fourth-order valence-electron chi connectivity index (χ4n) is 2.80. The monoisotopic (exact) mass is 362 g/mol. The van der Waals surface area contributed by atoms with Gasteiger partial charge in [0.25, 0.3) is 0 Å². The zero-order valence-electron chi connectivity index (χ0n) is 14.8. The van der Waals surface area contributed by atoms with E-state index >= 15 is 0 Å². The lowest BCUT2D eigenvalue weighted by Crippen LogP contribution is -2.37. The molecule has 1 aliphatic heterocycles. The quantitative estimate of drug-likeness (QED) is 0.794. The van der Waals surface area contributed by atoms with Crippen molar-refractivity contribution < 1.29 is 8.42 Å². The van der Waals surface area contributed by atoms with Crippen molar-refractivity contribution in [1.82, 2.24) is 19.3 Å². The summed E-state index contributed by atoms with van der Waals surface area (Å²) in [5, 5.41) is 0. The van der Waals surface area contributed by atoms with E-state index in [1.807, 2.05) is 38.0 Å². The molecule has 8 nitrogen and oxygen atoms in total. The third kappa shape index (κ3) is 3.29. The van der Waals surface area contributed by atoms with Crippen LogP contribution in [0.4, 0.5) is 11.8 Å². The molecule has 0 amide bonds. The van der Waals surface area contributed by atoms with Gasteiger partial charge in [-0.25, -0.2) is 13.4 Å². The molecule has 0 spiro atoms. The summed E-state index contributed by atoms with van der Waals surface area (Å²) in [7, 11) is 4.01. The highest BCUT2D eigenvalue weighted by Crippen LogP contribution is 2.29. The average Bonchev–Trinajstić information content (AvgIpc) is 2.60. The number of hydrogen-bond donors (Lipinski definition) is 0. The van der Waals surface area contributed by atoms with Gasteiger partial charge in [0.05, 0.1) is 12.2 Å². The van der Waals surface area contributed by atoms with E-state index in [2.05, 4.69) is 15.0 Å². The van der Waals surface area contributed by atoms with Gasteiger partial charge in [-0.15, -0.1) is 0 Å². The molecule has 0 unspecified atom stereocenters. The average molecular weight is 362 g/mol. The molecule has 3 heterocycles. The molecule has 2 aromatic heterocycles. The Balaban J connectivity index is 2.01. The molecule has 1 aliphatic rings. The molecule has 0 atom stereocenters. The smallest absolute Gasteiger partial charge is 0.244 e. The van der Waals surface area contributed by atoms with Crippen molar-refractivity contribution in [2.24, 2.45) is 0 Å². The Bertz CT molecular complexity index is 868. The summed E-state index contributed by atoms with van der Waals surface area (Å²) in [4.78, 5) is 17.1. The van der Waals surface area contributed by atoms with E-state index in [0.29, 0.717) is 18.9 Å². The van der Waals surface area contributed by atoms with E-state index in [1.54, 1.807) is 18.3 Å². The molecule has 0 aliphatic carbocycles. The Morgan fingerprint density at radius 1 is 1.12 bits per heavy atom. The van der Waals surface area contributed by atoms with Crippen LogP contribution < -0.4 is 9.80 Å². The Hall–Kier alpha value is -2.26. The van der Waals surface area contributed by atoms with Crippen LogP contribution >= 0.6 is 0 Å². The van der Waals surface area contributed by atoms with Crippen LogP contribution in [0.3, 0.4) is 0 Å².